The molecule has 0 radical (unpaired) electrons. The lowest BCUT2D eigenvalue weighted by molar-refractivity contribution is 0.285. The molecule has 0 fully saturated rings. The molecule has 2 rings (SSSR count). The van der Waals surface area contributed by atoms with Gasteiger partial charge in [-0.25, -0.2) is 0 Å². The average Bonchev–Trinajstić information content (AvgIpc) is 2.89. The summed E-state index contributed by atoms with van der Waals surface area (Å²) < 4.78 is 0. The van der Waals surface area contributed by atoms with E-state index in [2.05, 4.69) is 54.0 Å². The zero-order chi connectivity index (χ0) is 12.8. The van der Waals surface area contributed by atoms with Gasteiger partial charge < -0.3 is 10.2 Å². The SMILES string of the molecule is CN(C)C(CNCC1CC=CCC1)c1cccs1. The average molecular weight is 264 g/mol. The van der Waals surface area contributed by atoms with Crippen LogP contribution in [-0.2, 0) is 0 Å². The third-order valence-corrected chi connectivity index (χ3v) is 4.62. The van der Waals surface area contributed by atoms with Gasteiger partial charge in [-0.3, -0.25) is 0 Å². The third-order valence-electron chi connectivity index (χ3n) is 3.64. The first kappa shape index (κ1) is 13.8. The Bertz CT molecular complexity index is 357. The highest BCUT2D eigenvalue weighted by molar-refractivity contribution is 7.10. The normalized spacial score (nSPS) is 21.4. The number of hydrogen-bond acceptors (Lipinski definition) is 3. The molecule has 2 unspecified atom stereocenters. The maximum absolute atomic E-state index is 3.66. The van der Waals surface area contributed by atoms with E-state index in [4.69, 9.17) is 0 Å². The molecular formula is C15H24N2S. The highest BCUT2D eigenvalue weighted by Crippen LogP contribution is 2.23. The predicted octanol–water partition coefficient (Wildman–Crippen LogP) is 3.30. The van der Waals surface area contributed by atoms with Crippen LogP contribution < -0.4 is 5.32 Å². The molecular weight excluding hydrogens is 240 g/mol. The van der Waals surface area contributed by atoms with E-state index in [0.717, 1.165) is 19.0 Å². The zero-order valence-electron chi connectivity index (χ0n) is 11.4. The third kappa shape index (κ3) is 3.94. The fourth-order valence-corrected chi connectivity index (χ4v) is 3.41. The second kappa shape index (κ2) is 7.07. The molecule has 18 heavy (non-hydrogen) atoms. The molecule has 0 amide bonds. The van der Waals surface area contributed by atoms with Gasteiger partial charge in [0.2, 0.25) is 0 Å². The van der Waals surface area contributed by atoms with Gasteiger partial charge in [0.25, 0.3) is 0 Å². The molecule has 1 aromatic rings. The fraction of sp³-hybridized carbons (Fsp3) is 0.600. The first-order chi connectivity index (χ1) is 8.77. The van der Waals surface area contributed by atoms with Crippen molar-refractivity contribution in [2.45, 2.75) is 25.3 Å². The largest absolute Gasteiger partial charge is 0.315 e. The molecule has 2 nitrogen and oxygen atoms in total. The van der Waals surface area contributed by atoms with Crippen molar-refractivity contribution in [3.63, 3.8) is 0 Å². The van der Waals surface area contributed by atoms with Crippen LogP contribution in [0.2, 0.25) is 0 Å². The number of allylic oxidation sites excluding steroid dienone is 2. The molecule has 100 valence electrons. The smallest absolute Gasteiger partial charge is 0.0561 e. The van der Waals surface area contributed by atoms with E-state index in [0.29, 0.717) is 6.04 Å². The molecule has 1 heterocycles. The summed E-state index contributed by atoms with van der Waals surface area (Å²) in [5, 5.41) is 5.82. The molecule has 0 aliphatic heterocycles. The minimum atomic E-state index is 0.504. The van der Waals surface area contributed by atoms with E-state index >= 15 is 0 Å². The minimum absolute atomic E-state index is 0.504. The molecule has 0 aromatic carbocycles. The summed E-state index contributed by atoms with van der Waals surface area (Å²) in [6.45, 7) is 2.20. The van der Waals surface area contributed by atoms with Crippen molar-refractivity contribution < 1.29 is 0 Å². The number of likely N-dealkylation sites (N-methyl/N-ethyl adjacent to an activating group) is 1. The Hall–Kier alpha value is -0.640. The Morgan fingerprint density at radius 1 is 1.44 bits per heavy atom. The second-order valence-electron chi connectivity index (χ2n) is 5.30. The summed E-state index contributed by atoms with van der Waals surface area (Å²) in [6.07, 6.45) is 8.49. The molecule has 0 bridgehead atoms. The van der Waals surface area contributed by atoms with E-state index in [-0.39, 0.29) is 0 Å². The lowest BCUT2D eigenvalue weighted by Crippen LogP contribution is -2.33. The highest BCUT2D eigenvalue weighted by atomic mass is 32.1. The maximum atomic E-state index is 3.66. The van der Waals surface area contributed by atoms with Crippen LogP contribution in [0.3, 0.4) is 0 Å². The van der Waals surface area contributed by atoms with Gasteiger partial charge in [-0.05, 0) is 57.3 Å². The molecule has 1 N–H and O–H groups in total. The number of thiophene rings is 1. The Morgan fingerprint density at radius 2 is 2.33 bits per heavy atom. The molecule has 0 saturated carbocycles. The van der Waals surface area contributed by atoms with Crippen molar-refractivity contribution in [1.29, 1.82) is 0 Å². The summed E-state index contributed by atoms with van der Waals surface area (Å²) in [4.78, 5) is 3.76. The van der Waals surface area contributed by atoms with Crippen LogP contribution in [0.15, 0.2) is 29.7 Å². The summed E-state index contributed by atoms with van der Waals surface area (Å²) in [5.41, 5.74) is 0. The number of rotatable bonds is 6. The number of hydrogen-bond donors (Lipinski definition) is 1. The lowest BCUT2D eigenvalue weighted by atomic mass is 9.94. The van der Waals surface area contributed by atoms with E-state index in [1.807, 2.05) is 11.3 Å². The monoisotopic (exact) mass is 264 g/mol. The van der Waals surface area contributed by atoms with Crippen molar-refractivity contribution in [2.75, 3.05) is 27.2 Å². The van der Waals surface area contributed by atoms with Gasteiger partial charge in [0.05, 0.1) is 6.04 Å². The van der Waals surface area contributed by atoms with Crippen LogP contribution in [0.5, 0.6) is 0 Å². The van der Waals surface area contributed by atoms with Crippen LogP contribution in [0.1, 0.15) is 30.2 Å². The van der Waals surface area contributed by atoms with Crippen LogP contribution in [0.25, 0.3) is 0 Å². The van der Waals surface area contributed by atoms with Gasteiger partial charge in [-0.15, -0.1) is 11.3 Å². The summed E-state index contributed by atoms with van der Waals surface area (Å²) in [7, 11) is 4.32. The van der Waals surface area contributed by atoms with E-state index < -0.39 is 0 Å². The Labute approximate surface area is 115 Å². The van der Waals surface area contributed by atoms with Gasteiger partial charge in [0, 0.05) is 11.4 Å². The maximum Gasteiger partial charge on any atom is 0.0561 e. The zero-order valence-corrected chi connectivity index (χ0v) is 12.2. The van der Waals surface area contributed by atoms with Crippen LogP contribution in [-0.4, -0.2) is 32.1 Å². The second-order valence-corrected chi connectivity index (χ2v) is 6.28. The quantitative estimate of drug-likeness (QED) is 0.793. The number of nitrogens with one attached hydrogen (secondary N) is 1. The summed E-state index contributed by atoms with van der Waals surface area (Å²) >= 11 is 1.85. The van der Waals surface area contributed by atoms with Crippen molar-refractivity contribution in [3.8, 4) is 0 Å². The van der Waals surface area contributed by atoms with Gasteiger partial charge >= 0.3 is 0 Å². The molecule has 2 atom stereocenters. The Morgan fingerprint density at radius 3 is 2.94 bits per heavy atom. The first-order valence-electron chi connectivity index (χ1n) is 6.83. The van der Waals surface area contributed by atoms with Gasteiger partial charge in [-0.2, -0.15) is 0 Å². The highest BCUT2D eigenvalue weighted by Gasteiger charge is 2.16. The molecule has 1 aromatic heterocycles. The summed E-state index contributed by atoms with van der Waals surface area (Å²) in [5.74, 6) is 0.834. The van der Waals surface area contributed by atoms with Gasteiger partial charge in [-0.1, -0.05) is 18.2 Å². The molecule has 0 saturated heterocycles. The Kier molecular flexibility index (Phi) is 5.42. The number of nitrogens with zero attached hydrogens (tertiary/aromatic N) is 1. The fourth-order valence-electron chi connectivity index (χ4n) is 2.48. The van der Waals surface area contributed by atoms with Gasteiger partial charge in [0.1, 0.15) is 0 Å². The molecule has 1 aliphatic carbocycles. The van der Waals surface area contributed by atoms with Crippen LogP contribution >= 0.6 is 11.3 Å². The summed E-state index contributed by atoms with van der Waals surface area (Å²) in [6, 6.07) is 4.88. The van der Waals surface area contributed by atoms with E-state index in [1.54, 1.807) is 0 Å². The van der Waals surface area contributed by atoms with Crippen molar-refractivity contribution in [3.05, 3.63) is 34.5 Å². The Balaban J connectivity index is 1.78. The topological polar surface area (TPSA) is 15.3 Å². The van der Waals surface area contributed by atoms with Gasteiger partial charge in [0.15, 0.2) is 0 Å². The lowest BCUT2D eigenvalue weighted by Gasteiger charge is -2.25. The van der Waals surface area contributed by atoms with Crippen molar-refractivity contribution >= 4 is 11.3 Å². The molecule has 3 heteroatoms. The molecule has 1 aliphatic rings. The van der Waals surface area contributed by atoms with Crippen molar-refractivity contribution in [1.82, 2.24) is 10.2 Å². The standard InChI is InChI=1S/C15H24N2S/c1-17(2)14(15-9-6-10-18-15)12-16-11-13-7-4-3-5-8-13/h3-4,6,9-10,13-14,16H,5,7-8,11-12H2,1-2H3. The molecule has 0 spiro atoms. The van der Waals surface area contributed by atoms with Crippen LogP contribution in [0.4, 0.5) is 0 Å². The first-order valence-corrected chi connectivity index (χ1v) is 7.71. The van der Waals surface area contributed by atoms with E-state index in [1.165, 1.54) is 24.1 Å². The predicted molar refractivity (Wildman–Crippen MR) is 80.1 cm³/mol. The minimum Gasteiger partial charge on any atom is -0.315 e. The van der Waals surface area contributed by atoms with Crippen molar-refractivity contribution in [2.24, 2.45) is 5.92 Å². The van der Waals surface area contributed by atoms with Crippen LogP contribution in [0, 0.1) is 5.92 Å². The van der Waals surface area contributed by atoms with E-state index in [9.17, 15) is 0 Å².